The minimum Gasteiger partial charge on any atom is -0.469 e. The Hall–Kier alpha value is -1.33. The average molecular weight is 252 g/mol. The number of nitrogens with two attached hydrogens (primary N) is 1. The van der Waals surface area contributed by atoms with Crippen molar-refractivity contribution in [2.24, 2.45) is 5.73 Å². The van der Waals surface area contributed by atoms with Gasteiger partial charge in [-0.3, -0.25) is 4.79 Å². The van der Waals surface area contributed by atoms with Gasteiger partial charge in [-0.1, -0.05) is 0 Å². The van der Waals surface area contributed by atoms with Crippen LogP contribution in [-0.4, -0.2) is 30.7 Å². The Bertz CT molecular complexity index is 376. The van der Waals surface area contributed by atoms with Gasteiger partial charge in [0, 0.05) is 25.5 Å². The molecule has 0 aromatic carbocycles. The van der Waals surface area contributed by atoms with E-state index in [9.17, 15) is 4.79 Å². The van der Waals surface area contributed by atoms with Gasteiger partial charge in [0.05, 0.1) is 18.4 Å². The summed E-state index contributed by atoms with van der Waals surface area (Å²) in [6.45, 7) is 2.59. The van der Waals surface area contributed by atoms with Crippen molar-refractivity contribution >= 4 is 5.91 Å². The molecule has 0 radical (unpaired) electrons. The molecule has 0 aliphatic heterocycles. The van der Waals surface area contributed by atoms with Gasteiger partial charge in [0.15, 0.2) is 0 Å². The van der Waals surface area contributed by atoms with Crippen LogP contribution in [0.25, 0.3) is 0 Å². The first-order valence-corrected chi connectivity index (χ1v) is 6.39. The first kappa shape index (κ1) is 13.1. The number of amides is 1. The van der Waals surface area contributed by atoms with Crippen molar-refractivity contribution < 1.29 is 13.9 Å². The molecule has 1 saturated carbocycles. The average Bonchev–Trinajstić information content (AvgIpc) is 2.86. The lowest BCUT2D eigenvalue weighted by molar-refractivity contribution is -0.125. The van der Waals surface area contributed by atoms with Crippen molar-refractivity contribution in [2.45, 2.75) is 44.4 Å². The molecule has 100 valence electrons. The smallest absolute Gasteiger partial charge is 0.220 e. The molecule has 1 aromatic heterocycles. The predicted molar refractivity (Wildman–Crippen MR) is 67.0 cm³/mol. The van der Waals surface area contributed by atoms with E-state index >= 15 is 0 Å². The fourth-order valence-electron chi connectivity index (χ4n) is 2.18. The van der Waals surface area contributed by atoms with Crippen LogP contribution in [0.15, 0.2) is 22.8 Å². The van der Waals surface area contributed by atoms with E-state index in [4.69, 9.17) is 14.9 Å². The molecule has 1 aliphatic rings. The second-order valence-electron chi connectivity index (χ2n) is 4.57. The highest BCUT2D eigenvalue weighted by atomic mass is 16.5. The highest BCUT2D eigenvalue weighted by molar-refractivity contribution is 5.76. The van der Waals surface area contributed by atoms with E-state index in [0.29, 0.717) is 19.4 Å². The Morgan fingerprint density at radius 1 is 1.67 bits per heavy atom. The zero-order chi connectivity index (χ0) is 13.0. The first-order valence-electron chi connectivity index (χ1n) is 6.39. The van der Waals surface area contributed by atoms with Crippen LogP contribution in [0.5, 0.6) is 0 Å². The normalized spacial score (nSPS) is 26.7. The van der Waals surface area contributed by atoms with Crippen molar-refractivity contribution in [3.8, 4) is 0 Å². The standard InChI is InChI=1S/C13H20N2O3/c1-2-17-11-8-10(14)13(11)15-12(16)6-5-9-4-3-7-18-9/h3-4,7,10-11,13H,2,5-6,8,14H2,1H3,(H,15,16). The number of nitrogens with one attached hydrogen (secondary N) is 1. The molecule has 3 atom stereocenters. The van der Waals surface area contributed by atoms with Crippen LogP contribution in [0, 0.1) is 0 Å². The molecule has 0 bridgehead atoms. The number of hydrogen-bond donors (Lipinski definition) is 2. The third kappa shape index (κ3) is 3.11. The van der Waals surface area contributed by atoms with E-state index in [0.717, 1.165) is 12.2 Å². The Morgan fingerprint density at radius 2 is 2.50 bits per heavy atom. The summed E-state index contributed by atoms with van der Waals surface area (Å²) in [5.74, 6) is 0.820. The summed E-state index contributed by atoms with van der Waals surface area (Å²) in [4.78, 5) is 11.8. The molecule has 5 nitrogen and oxygen atoms in total. The summed E-state index contributed by atoms with van der Waals surface area (Å²) in [6, 6.07) is 3.65. The van der Waals surface area contributed by atoms with Crippen LogP contribution in [0.4, 0.5) is 0 Å². The lowest BCUT2D eigenvalue weighted by Gasteiger charge is -2.42. The first-order chi connectivity index (χ1) is 8.70. The topological polar surface area (TPSA) is 77.5 Å². The summed E-state index contributed by atoms with van der Waals surface area (Å²) in [6.07, 6.45) is 3.52. The fraction of sp³-hybridized carbons (Fsp3) is 0.615. The van der Waals surface area contributed by atoms with Gasteiger partial charge in [-0.25, -0.2) is 0 Å². The maximum atomic E-state index is 11.8. The predicted octanol–water partition coefficient (Wildman–Crippen LogP) is 0.833. The van der Waals surface area contributed by atoms with Crippen LogP contribution in [0.3, 0.4) is 0 Å². The van der Waals surface area contributed by atoms with Crippen LogP contribution < -0.4 is 11.1 Å². The van der Waals surface area contributed by atoms with Gasteiger partial charge in [-0.05, 0) is 25.5 Å². The number of carbonyl (C=O) groups excluding carboxylic acids is 1. The summed E-state index contributed by atoms with van der Waals surface area (Å²) in [7, 11) is 0. The van der Waals surface area contributed by atoms with Crippen LogP contribution in [0.1, 0.15) is 25.5 Å². The van der Waals surface area contributed by atoms with Crippen LogP contribution in [0.2, 0.25) is 0 Å². The number of furan rings is 1. The van der Waals surface area contributed by atoms with E-state index in [1.54, 1.807) is 6.26 Å². The molecule has 1 amide bonds. The van der Waals surface area contributed by atoms with Crippen molar-refractivity contribution in [3.63, 3.8) is 0 Å². The lowest BCUT2D eigenvalue weighted by Crippen LogP contribution is -2.64. The molecule has 18 heavy (non-hydrogen) atoms. The van der Waals surface area contributed by atoms with Gasteiger partial charge in [-0.15, -0.1) is 0 Å². The highest BCUT2D eigenvalue weighted by Gasteiger charge is 2.40. The third-order valence-electron chi connectivity index (χ3n) is 3.25. The Labute approximate surface area is 107 Å². The number of carbonyl (C=O) groups is 1. The number of rotatable bonds is 6. The molecule has 1 fully saturated rings. The van der Waals surface area contributed by atoms with Crippen molar-refractivity contribution in [3.05, 3.63) is 24.2 Å². The van der Waals surface area contributed by atoms with Gasteiger partial charge in [0.1, 0.15) is 5.76 Å². The lowest BCUT2D eigenvalue weighted by atomic mass is 9.83. The highest BCUT2D eigenvalue weighted by Crippen LogP contribution is 2.22. The zero-order valence-electron chi connectivity index (χ0n) is 10.6. The summed E-state index contributed by atoms with van der Waals surface area (Å²) >= 11 is 0. The van der Waals surface area contributed by atoms with E-state index in [-0.39, 0.29) is 24.1 Å². The van der Waals surface area contributed by atoms with Crippen LogP contribution in [-0.2, 0) is 16.0 Å². The fourth-order valence-corrected chi connectivity index (χ4v) is 2.18. The van der Waals surface area contributed by atoms with Gasteiger partial charge >= 0.3 is 0 Å². The number of ether oxygens (including phenoxy) is 1. The molecular formula is C13H20N2O3. The molecule has 0 saturated heterocycles. The van der Waals surface area contributed by atoms with Crippen molar-refractivity contribution in [1.29, 1.82) is 0 Å². The van der Waals surface area contributed by atoms with Crippen LogP contribution >= 0.6 is 0 Å². The van der Waals surface area contributed by atoms with Gasteiger partial charge in [-0.2, -0.15) is 0 Å². The summed E-state index contributed by atoms with van der Waals surface area (Å²) in [5.41, 5.74) is 5.87. The maximum absolute atomic E-state index is 11.8. The molecule has 2 rings (SSSR count). The van der Waals surface area contributed by atoms with E-state index in [1.165, 1.54) is 0 Å². The Morgan fingerprint density at radius 3 is 3.11 bits per heavy atom. The minimum absolute atomic E-state index is 0.00347. The molecule has 1 aromatic rings. The number of aryl methyl sites for hydroxylation is 1. The second kappa shape index (κ2) is 6.02. The SMILES string of the molecule is CCOC1CC(N)C1NC(=O)CCc1ccco1. The zero-order valence-corrected chi connectivity index (χ0v) is 10.6. The monoisotopic (exact) mass is 252 g/mol. The largest absolute Gasteiger partial charge is 0.469 e. The number of hydrogen-bond acceptors (Lipinski definition) is 4. The molecule has 1 aliphatic carbocycles. The van der Waals surface area contributed by atoms with Crippen molar-refractivity contribution in [1.82, 2.24) is 5.32 Å². The van der Waals surface area contributed by atoms with Gasteiger partial charge in [0.25, 0.3) is 0 Å². The van der Waals surface area contributed by atoms with E-state index in [2.05, 4.69) is 5.32 Å². The van der Waals surface area contributed by atoms with Gasteiger partial charge < -0.3 is 20.2 Å². The molecule has 3 unspecified atom stereocenters. The molecular weight excluding hydrogens is 232 g/mol. The third-order valence-corrected chi connectivity index (χ3v) is 3.25. The molecule has 0 spiro atoms. The molecule has 1 heterocycles. The van der Waals surface area contributed by atoms with Crippen molar-refractivity contribution in [2.75, 3.05) is 6.61 Å². The molecule has 3 N–H and O–H groups in total. The quantitative estimate of drug-likeness (QED) is 0.786. The van der Waals surface area contributed by atoms with E-state index in [1.807, 2.05) is 19.1 Å². The second-order valence-corrected chi connectivity index (χ2v) is 4.57. The minimum atomic E-state index is -0.0472. The van der Waals surface area contributed by atoms with Gasteiger partial charge in [0.2, 0.25) is 5.91 Å². The maximum Gasteiger partial charge on any atom is 0.220 e. The summed E-state index contributed by atoms with van der Waals surface area (Å²) in [5, 5.41) is 2.93. The Balaban J connectivity index is 1.73. The van der Waals surface area contributed by atoms with E-state index < -0.39 is 0 Å². The Kier molecular flexibility index (Phi) is 4.38. The molecule has 5 heteroatoms. The summed E-state index contributed by atoms with van der Waals surface area (Å²) < 4.78 is 10.7.